The summed E-state index contributed by atoms with van der Waals surface area (Å²) in [5, 5.41) is 5.91. The first kappa shape index (κ1) is 16.2. The summed E-state index contributed by atoms with van der Waals surface area (Å²) in [5.41, 5.74) is 2.69. The number of carbonyl (C=O) groups is 2. The maximum atomic E-state index is 12.0. The molecule has 2 rings (SSSR count). The topological polar surface area (TPSA) is 71.1 Å². The molecular weight excluding hydrogens is 298 g/mol. The molecule has 0 aliphatic heterocycles. The van der Waals surface area contributed by atoms with Gasteiger partial charge >= 0.3 is 6.03 Å². The zero-order valence-corrected chi connectivity index (χ0v) is 13.7. The van der Waals surface area contributed by atoms with E-state index in [4.69, 9.17) is 0 Å². The number of hydrogen-bond donors (Lipinski definition) is 2. The number of amides is 2. The highest BCUT2D eigenvalue weighted by Crippen LogP contribution is 2.20. The number of ketones is 1. The molecule has 2 aromatic rings. The number of carbonyl (C=O) groups excluding carboxylic acids is 2. The van der Waals surface area contributed by atoms with Crippen molar-refractivity contribution in [2.75, 3.05) is 11.9 Å². The highest BCUT2D eigenvalue weighted by Gasteiger charge is 2.09. The van der Waals surface area contributed by atoms with Crippen LogP contribution in [0.1, 0.15) is 32.9 Å². The third kappa shape index (κ3) is 4.39. The summed E-state index contributed by atoms with van der Waals surface area (Å²) >= 11 is 1.43. The lowest BCUT2D eigenvalue weighted by Crippen LogP contribution is -2.30. The van der Waals surface area contributed by atoms with E-state index in [0.717, 1.165) is 16.1 Å². The van der Waals surface area contributed by atoms with Crippen LogP contribution in [0.3, 0.4) is 0 Å². The summed E-state index contributed by atoms with van der Waals surface area (Å²) < 4.78 is 0. The summed E-state index contributed by atoms with van der Waals surface area (Å²) in [6.45, 7) is 6.12. The first-order chi connectivity index (χ1) is 10.5. The van der Waals surface area contributed by atoms with Gasteiger partial charge in [0.15, 0.2) is 10.9 Å². The van der Waals surface area contributed by atoms with Crippen molar-refractivity contribution in [1.82, 2.24) is 10.3 Å². The molecule has 1 aromatic heterocycles. The molecule has 22 heavy (non-hydrogen) atoms. The SMILES string of the molecule is Cc1ccc(C(=O)CCNC(=O)Nc2nc(C)c(C)s2)cc1. The fourth-order valence-electron chi connectivity index (χ4n) is 1.84. The van der Waals surface area contributed by atoms with E-state index in [2.05, 4.69) is 15.6 Å². The van der Waals surface area contributed by atoms with E-state index < -0.39 is 0 Å². The van der Waals surface area contributed by atoms with Gasteiger partial charge < -0.3 is 5.32 Å². The molecule has 0 atom stereocenters. The first-order valence-corrected chi connectivity index (χ1v) is 7.86. The average Bonchev–Trinajstić information content (AvgIpc) is 2.77. The lowest BCUT2D eigenvalue weighted by Gasteiger charge is -2.05. The van der Waals surface area contributed by atoms with Crippen LogP contribution in [-0.4, -0.2) is 23.3 Å². The molecule has 6 heteroatoms. The number of Topliss-reactive ketones (excluding diaryl/α,β-unsaturated/α-hetero) is 1. The van der Waals surface area contributed by atoms with Gasteiger partial charge in [-0.05, 0) is 20.8 Å². The molecular formula is C16H19N3O2S. The number of urea groups is 1. The molecule has 0 bridgehead atoms. The second-order valence-corrected chi connectivity index (χ2v) is 6.28. The number of aryl methyl sites for hydroxylation is 3. The van der Waals surface area contributed by atoms with Crippen molar-refractivity contribution in [2.45, 2.75) is 27.2 Å². The van der Waals surface area contributed by atoms with Crippen LogP contribution in [0.15, 0.2) is 24.3 Å². The Kier molecular flexibility index (Phi) is 5.27. The van der Waals surface area contributed by atoms with Crippen LogP contribution < -0.4 is 10.6 Å². The lowest BCUT2D eigenvalue weighted by molar-refractivity contribution is 0.0984. The van der Waals surface area contributed by atoms with Crippen LogP contribution in [0, 0.1) is 20.8 Å². The molecule has 5 nitrogen and oxygen atoms in total. The van der Waals surface area contributed by atoms with E-state index in [-0.39, 0.29) is 18.2 Å². The Morgan fingerprint density at radius 1 is 1.14 bits per heavy atom. The van der Waals surface area contributed by atoms with Gasteiger partial charge in [-0.25, -0.2) is 9.78 Å². The molecule has 0 saturated heterocycles. The molecule has 0 saturated carbocycles. The van der Waals surface area contributed by atoms with Gasteiger partial charge in [0.1, 0.15) is 0 Å². The largest absolute Gasteiger partial charge is 0.337 e. The maximum Gasteiger partial charge on any atom is 0.321 e. The Balaban J connectivity index is 1.77. The molecule has 2 N–H and O–H groups in total. The molecule has 0 radical (unpaired) electrons. The van der Waals surface area contributed by atoms with E-state index in [1.807, 2.05) is 32.9 Å². The predicted molar refractivity (Wildman–Crippen MR) is 88.7 cm³/mol. The van der Waals surface area contributed by atoms with Gasteiger partial charge in [-0.15, -0.1) is 11.3 Å². The van der Waals surface area contributed by atoms with Gasteiger partial charge in [0, 0.05) is 23.4 Å². The van der Waals surface area contributed by atoms with Crippen LogP contribution >= 0.6 is 11.3 Å². The molecule has 1 aromatic carbocycles. The third-order valence-electron chi connectivity index (χ3n) is 3.26. The number of aromatic nitrogens is 1. The Hall–Kier alpha value is -2.21. The number of nitrogens with one attached hydrogen (secondary N) is 2. The van der Waals surface area contributed by atoms with Gasteiger partial charge in [-0.3, -0.25) is 10.1 Å². The van der Waals surface area contributed by atoms with Crippen molar-refractivity contribution >= 4 is 28.3 Å². The highest BCUT2D eigenvalue weighted by molar-refractivity contribution is 7.15. The van der Waals surface area contributed by atoms with Crippen LogP contribution in [0.25, 0.3) is 0 Å². The second-order valence-electron chi connectivity index (χ2n) is 5.08. The van der Waals surface area contributed by atoms with Crippen molar-refractivity contribution in [1.29, 1.82) is 0 Å². The predicted octanol–water partition coefficient (Wildman–Crippen LogP) is 3.46. The lowest BCUT2D eigenvalue weighted by atomic mass is 10.1. The zero-order chi connectivity index (χ0) is 16.1. The Bertz CT molecular complexity index is 658. The van der Waals surface area contributed by atoms with Crippen molar-refractivity contribution in [3.63, 3.8) is 0 Å². The summed E-state index contributed by atoms with van der Waals surface area (Å²) in [7, 11) is 0. The van der Waals surface area contributed by atoms with E-state index in [1.165, 1.54) is 11.3 Å². The number of nitrogens with zero attached hydrogens (tertiary/aromatic N) is 1. The van der Waals surface area contributed by atoms with Crippen LogP contribution in [0.4, 0.5) is 9.93 Å². The molecule has 116 valence electrons. The smallest absolute Gasteiger partial charge is 0.321 e. The summed E-state index contributed by atoms with van der Waals surface area (Å²) in [6.07, 6.45) is 0.270. The summed E-state index contributed by atoms with van der Waals surface area (Å²) in [5.74, 6) is 0.0150. The standard InChI is InChI=1S/C16H19N3O2S/c1-10-4-6-13(7-5-10)14(20)8-9-17-15(21)19-16-18-11(2)12(3)22-16/h4-7H,8-9H2,1-3H3,(H2,17,18,19,21). The van der Waals surface area contributed by atoms with Crippen molar-refractivity contribution in [3.8, 4) is 0 Å². The highest BCUT2D eigenvalue weighted by atomic mass is 32.1. The van der Waals surface area contributed by atoms with E-state index in [9.17, 15) is 9.59 Å². The normalized spacial score (nSPS) is 10.3. The van der Waals surface area contributed by atoms with Crippen LogP contribution in [0.5, 0.6) is 0 Å². The quantitative estimate of drug-likeness (QED) is 0.830. The summed E-state index contributed by atoms with van der Waals surface area (Å²) in [4.78, 5) is 29.0. The monoisotopic (exact) mass is 317 g/mol. The minimum atomic E-state index is -0.342. The molecule has 0 fully saturated rings. The Morgan fingerprint density at radius 3 is 2.41 bits per heavy atom. The molecule has 0 aliphatic rings. The summed E-state index contributed by atoms with van der Waals surface area (Å²) in [6, 6.07) is 7.07. The molecule has 0 aliphatic carbocycles. The molecule has 1 heterocycles. The number of thiazole rings is 1. The third-order valence-corrected chi connectivity index (χ3v) is 4.25. The van der Waals surface area contributed by atoms with Crippen molar-refractivity contribution < 1.29 is 9.59 Å². The van der Waals surface area contributed by atoms with E-state index in [0.29, 0.717) is 17.2 Å². The fraction of sp³-hybridized carbons (Fsp3) is 0.312. The van der Waals surface area contributed by atoms with Gasteiger partial charge in [-0.1, -0.05) is 29.8 Å². The van der Waals surface area contributed by atoms with Crippen LogP contribution in [-0.2, 0) is 0 Å². The number of rotatable bonds is 5. The number of benzene rings is 1. The second kappa shape index (κ2) is 7.17. The maximum absolute atomic E-state index is 12.0. The Labute approximate surface area is 133 Å². The van der Waals surface area contributed by atoms with Crippen molar-refractivity contribution in [2.24, 2.45) is 0 Å². The molecule has 2 amide bonds. The van der Waals surface area contributed by atoms with Gasteiger partial charge in [0.05, 0.1) is 5.69 Å². The van der Waals surface area contributed by atoms with Gasteiger partial charge in [-0.2, -0.15) is 0 Å². The number of anilines is 1. The minimum Gasteiger partial charge on any atom is -0.337 e. The molecule has 0 unspecified atom stereocenters. The first-order valence-electron chi connectivity index (χ1n) is 7.04. The zero-order valence-electron chi connectivity index (χ0n) is 12.9. The Morgan fingerprint density at radius 2 is 1.82 bits per heavy atom. The van der Waals surface area contributed by atoms with Gasteiger partial charge in [0.2, 0.25) is 0 Å². The van der Waals surface area contributed by atoms with Crippen LogP contribution in [0.2, 0.25) is 0 Å². The van der Waals surface area contributed by atoms with E-state index in [1.54, 1.807) is 12.1 Å². The average molecular weight is 317 g/mol. The van der Waals surface area contributed by atoms with E-state index >= 15 is 0 Å². The number of hydrogen-bond acceptors (Lipinski definition) is 4. The van der Waals surface area contributed by atoms with Crippen molar-refractivity contribution in [3.05, 3.63) is 46.0 Å². The molecule has 0 spiro atoms. The fourth-order valence-corrected chi connectivity index (χ4v) is 2.65. The minimum absolute atomic E-state index is 0.0150. The van der Waals surface area contributed by atoms with Gasteiger partial charge in [0.25, 0.3) is 0 Å².